The van der Waals surface area contributed by atoms with Crippen molar-refractivity contribution in [3.05, 3.63) is 199 Å². The monoisotopic (exact) mass is 1030 g/mol. The van der Waals surface area contributed by atoms with E-state index in [-0.39, 0.29) is 42.7 Å². The third kappa shape index (κ3) is 9.18. The first-order valence-corrected chi connectivity index (χ1v) is 22.4. The van der Waals surface area contributed by atoms with Gasteiger partial charge in [-0.15, -0.1) is 53.6 Å². The summed E-state index contributed by atoms with van der Waals surface area (Å²) in [4.78, 5) is 9.28. The summed E-state index contributed by atoms with van der Waals surface area (Å²) in [5.41, 5.74) is 12.1. The molecule has 6 aromatic carbocycles. The summed E-state index contributed by atoms with van der Waals surface area (Å²) >= 11 is 0. The van der Waals surface area contributed by atoms with E-state index in [0.717, 1.165) is 44.6 Å². The van der Waals surface area contributed by atoms with Crippen LogP contribution in [0.15, 0.2) is 152 Å². The topological polar surface area (TPSA) is 33.5 Å². The first-order chi connectivity index (χ1) is 30.3. The molecule has 0 N–H and O–H groups in total. The van der Waals surface area contributed by atoms with Crippen molar-refractivity contribution in [2.24, 2.45) is 0 Å². The predicted molar refractivity (Wildman–Crippen MR) is 268 cm³/mol. The minimum atomic E-state index is -0.201. The van der Waals surface area contributed by atoms with Crippen LogP contribution in [0.3, 0.4) is 0 Å². The quantitative estimate of drug-likeness (QED) is 0.142. The Hall–Kier alpha value is -5.90. The van der Waals surface area contributed by atoms with E-state index in [1.54, 1.807) is 0 Å². The molecule has 1 aliphatic heterocycles. The number of hydrogen-bond donors (Lipinski definition) is 0. The van der Waals surface area contributed by atoms with E-state index in [9.17, 15) is 0 Å². The molecule has 9 rings (SSSR count). The smallest absolute Gasteiger partial charge is 0.135 e. The van der Waals surface area contributed by atoms with Gasteiger partial charge in [-0.3, -0.25) is 0 Å². The Morgan fingerprint density at radius 1 is 0.508 bits per heavy atom. The van der Waals surface area contributed by atoms with Crippen LogP contribution in [0.2, 0.25) is 0 Å². The summed E-state index contributed by atoms with van der Waals surface area (Å²) < 4.78 is 9.07. The van der Waals surface area contributed by atoms with Crippen molar-refractivity contribution in [1.82, 2.24) is 9.55 Å². The van der Waals surface area contributed by atoms with Crippen LogP contribution in [0, 0.1) is 18.8 Å². The number of anilines is 2. The molecule has 0 aliphatic carbocycles. The van der Waals surface area contributed by atoms with Gasteiger partial charge in [0.05, 0.1) is 0 Å². The van der Waals surface area contributed by atoms with Crippen LogP contribution < -0.4 is 14.5 Å². The normalized spacial score (nSPS) is 13.5. The summed E-state index contributed by atoms with van der Waals surface area (Å²) in [6.45, 7) is 26.9. The van der Waals surface area contributed by atoms with E-state index in [1.807, 2.05) is 12.3 Å². The number of benzene rings is 6. The van der Waals surface area contributed by atoms with E-state index in [0.29, 0.717) is 11.5 Å². The SMILES string of the molecule is CC(C)(C)c1cc(Oc2[c-]c3c(cc2)c2cc(C(C)(C)c4ccccc4)ccc2n3-c2cc(C(C)(C)C)ccn2)[c-]c(N2C=CN(c3cc(-c4ccccc4)cc(C(C)(C)C)c3)[CH-]2)c1.[Pt]. The van der Waals surface area contributed by atoms with Crippen LogP contribution in [0.5, 0.6) is 11.5 Å². The zero-order valence-corrected chi connectivity index (χ0v) is 41.8. The zero-order chi connectivity index (χ0) is 45.2. The third-order valence-electron chi connectivity index (χ3n) is 12.7. The molecule has 0 radical (unpaired) electrons. The second-order valence-corrected chi connectivity index (χ2v) is 20.9. The Morgan fingerprint density at radius 2 is 1.17 bits per heavy atom. The van der Waals surface area contributed by atoms with Gasteiger partial charge in [0.1, 0.15) is 5.82 Å². The summed E-state index contributed by atoms with van der Waals surface area (Å²) in [5.74, 6) is 2.09. The van der Waals surface area contributed by atoms with E-state index >= 15 is 0 Å². The fraction of sp³-hybridized carbons (Fsp3) is 0.254. The second kappa shape index (κ2) is 17.1. The van der Waals surface area contributed by atoms with Crippen LogP contribution in [-0.4, -0.2) is 9.55 Å². The van der Waals surface area contributed by atoms with Crippen molar-refractivity contribution in [3.63, 3.8) is 0 Å². The molecular weight excluding hydrogens is 976 g/mol. The molecule has 0 unspecified atom stereocenters. The van der Waals surface area contributed by atoms with Gasteiger partial charge in [-0.2, -0.15) is 6.07 Å². The van der Waals surface area contributed by atoms with Crippen LogP contribution in [0.1, 0.15) is 104 Å². The van der Waals surface area contributed by atoms with Crippen molar-refractivity contribution in [1.29, 1.82) is 0 Å². The third-order valence-corrected chi connectivity index (χ3v) is 12.7. The minimum absolute atomic E-state index is 0. The number of nitrogens with zero attached hydrogens (tertiary/aromatic N) is 4. The van der Waals surface area contributed by atoms with Gasteiger partial charge >= 0.3 is 0 Å². The summed E-state index contributed by atoms with van der Waals surface area (Å²) in [7, 11) is 0. The number of pyridine rings is 1. The maximum absolute atomic E-state index is 6.83. The van der Waals surface area contributed by atoms with Gasteiger partial charge in [-0.05, 0) is 97.7 Å². The summed E-state index contributed by atoms with van der Waals surface area (Å²) in [6.07, 6.45) is 6.13. The number of fused-ring (bicyclic) bond motifs is 3. The maximum atomic E-state index is 6.83. The Bertz CT molecular complexity index is 3030. The zero-order valence-electron chi connectivity index (χ0n) is 39.5. The van der Waals surface area contributed by atoms with Crippen LogP contribution in [0.4, 0.5) is 11.4 Å². The molecule has 6 heteroatoms. The molecule has 2 aromatic heterocycles. The van der Waals surface area contributed by atoms with E-state index in [1.165, 1.54) is 33.4 Å². The van der Waals surface area contributed by atoms with Crippen molar-refractivity contribution in [2.45, 2.75) is 97.8 Å². The molecule has 0 atom stereocenters. The van der Waals surface area contributed by atoms with Crippen molar-refractivity contribution < 1.29 is 25.8 Å². The van der Waals surface area contributed by atoms with Crippen LogP contribution in [0.25, 0.3) is 38.8 Å². The molecule has 3 heterocycles. The van der Waals surface area contributed by atoms with Gasteiger partial charge < -0.3 is 19.1 Å². The van der Waals surface area contributed by atoms with Gasteiger partial charge in [0.15, 0.2) is 0 Å². The van der Waals surface area contributed by atoms with E-state index in [4.69, 9.17) is 9.72 Å². The average molecular weight is 1040 g/mol. The molecule has 0 spiro atoms. The Balaban J connectivity index is 0.00000576. The van der Waals surface area contributed by atoms with Crippen molar-refractivity contribution in [2.75, 3.05) is 9.80 Å². The fourth-order valence-corrected chi connectivity index (χ4v) is 8.55. The largest absolute Gasteiger partial charge is 0.509 e. The number of rotatable bonds is 8. The molecule has 0 amide bonds. The molecule has 334 valence electrons. The van der Waals surface area contributed by atoms with E-state index in [2.05, 4.69) is 249 Å². The summed E-state index contributed by atoms with van der Waals surface area (Å²) in [6, 6.07) is 55.3. The van der Waals surface area contributed by atoms with Crippen molar-refractivity contribution >= 4 is 33.2 Å². The number of hydrogen-bond acceptors (Lipinski definition) is 4. The van der Waals surface area contributed by atoms with Crippen LogP contribution >= 0.6 is 0 Å². The second-order valence-electron chi connectivity index (χ2n) is 20.9. The van der Waals surface area contributed by atoms with Crippen molar-refractivity contribution in [3.8, 4) is 28.4 Å². The van der Waals surface area contributed by atoms with Gasteiger partial charge in [0.2, 0.25) is 0 Å². The molecular formula is C59H59N4OPt-3. The molecule has 0 fully saturated rings. The number of ether oxygens (including phenoxy) is 1. The molecule has 0 bridgehead atoms. The molecule has 1 aliphatic rings. The molecule has 65 heavy (non-hydrogen) atoms. The molecule has 8 aromatic rings. The summed E-state index contributed by atoms with van der Waals surface area (Å²) in [5, 5.41) is 2.24. The van der Waals surface area contributed by atoms with Gasteiger partial charge in [0, 0.05) is 55.4 Å². The number of aromatic nitrogens is 2. The molecule has 0 saturated heterocycles. The first kappa shape index (κ1) is 45.7. The predicted octanol–water partition coefficient (Wildman–Crippen LogP) is 15.4. The Morgan fingerprint density at radius 3 is 1.86 bits per heavy atom. The van der Waals surface area contributed by atoms with Gasteiger partial charge in [-0.25, -0.2) is 4.98 Å². The standard InChI is InChI=1S/C59H59N4O.Pt/c1-56(2,3)43-26-27-60-55(36-43)63-53-25-22-44(59(10,11)42-20-16-13-17-21-42)35-52(53)51-24-23-49(38-54(51)63)64-50-34-46(58(7,8)9)33-48(37-50)62-29-28-61(39-62)47-31-41(40-18-14-12-15-19-40)30-45(32-47)57(4,5)6;/h12-36,39H,1-11H3;/q-3;. The minimum Gasteiger partial charge on any atom is -0.509 e. The average Bonchev–Trinajstić information content (AvgIpc) is 3.89. The van der Waals surface area contributed by atoms with Gasteiger partial charge in [-0.1, -0.05) is 161 Å². The van der Waals surface area contributed by atoms with Gasteiger partial charge in [0.25, 0.3) is 0 Å². The fourth-order valence-electron chi connectivity index (χ4n) is 8.55. The van der Waals surface area contributed by atoms with Crippen LogP contribution in [-0.2, 0) is 42.7 Å². The van der Waals surface area contributed by atoms with E-state index < -0.39 is 0 Å². The molecule has 5 nitrogen and oxygen atoms in total. The first-order valence-electron chi connectivity index (χ1n) is 22.4. The Kier molecular flexibility index (Phi) is 12.0. The Labute approximate surface area is 401 Å². The maximum Gasteiger partial charge on any atom is 0.135 e. The molecule has 0 saturated carbocycles.